The van der Waals surface area contributed by atoms with Crippen molar-refractivity contribution in [3.05, 3.63) is 42.6 Å². The van der Waals surface area contributed by atoms with E-state index in [4.69, 9.17) is 5.26 Å². The van der Waals surface area contributed by atoms with Crippen LogP contribution in [-0.4, -0.2) is 10.2 Å². The normalized spacial score (nSPS) is 11.3. The number of benzene rings is 2. The van der Waals surface area contributed by atoms with Crippen molar-refractivity contribution in [2.45, 2.75) is 0 Å². The number of anilines is 1. The van der Waals surface area contributed by atoms with Crippen molar-refractivity contribution in [2.24, 2.45) is 17.3 Å². The predicted octanol–water partition coefficient (Wildman–Crippen LogP) is 3.91. The third-order valence-electron chi connectivity index (χ3n) is 3.69. The molecule has 0 aliphatic carbocycles. The lowest BCUT2D eigenvalue weighted by Gasteiger charge is -1.94. The number of hydrogen-bond acceptors (Lipinski definition) is 6. The van der Waals surface area contributed by atoms with Crippen LogP contribution in [0.2, 0.25) is 0 Å². The van der Waals surface area contributed by atoms with E-state index < -0.39 is 0 Å². The van der Waals surface area contributed by atoms with Crippen molar-refractivity contribution >= 4 is 49.0 Å². The number of aryl methyl sites for hydroxylation is 1. The van der Waals surface area contributed by atoms with Crippen LogP contribution < -0.4 is 9.88 Å². The first-order valence-corrected chi connectivity index (χ1v) is 7.99. The third kappa shape index (κ3) is 2.47. The molecule has 0 saturated heterocycles. The van der Waals surface area contributed by atoms with Crippen LogP contribution in [0.5, 0.6) is 0 Å². The maximum Gasteiger partial charge on any atom is 0.409 e. The maximum atomic E-state index is 8.58. The van der Waals surface area contributed by atoms with Crippen molar-refractivity contribution in [1.82, 2.24) is 10.2 Å². The molecule has 8 heteroatoms. The molecule has 0 amide bonds. The summed E-state index contributed by atoms with van der Waals surface area (Å²) in [5, 5.41) is 28.7. The lowest BCUT2D eigenvalue weighted by Crippen LogP contribution is -2.25. The lowest BCUT2D eigenvalue weighted by molar-refractivity contribution is -0.627. The van der Waals surface area contributed by atoms with Crippen molar-refractivity contribution in [3.63, 3.8) is 0 Å². The van der Waals surface area contributed by atoms with E-state index in [2.05, 4.69) is 37.9 Å². The molecule has 7 nitrogen and oxygen atoms in total. The number of aromatic nitrogens is 3. The number of hydrogen-bond donors (Lipinski definition) is 2. The molecular formula is C16H12N7S+. The largest absolute Gasteiger partial charge is 0.409 e. The van der Waals surface area contributed by atoms with Gasteiger partial charge in [-0.25, -0.2) is 4.57 Å². The zero-order chi connectivity index (χ0) is 16.5. The summed E-state index contributed by atoms with van der Waals surface area (Å²) in [5.74, 6) is 0. The number of nitriles is 1. The number of thiazole rings is 1. The number of aromatic amines is 1. The van der Waals surface area contributed by atoms with Crippen LogP contribution in [0.25, 0.3) is 21.1 Å². The van der Waals surface area contributed by atoms with Gasteiger partial charge in [-0.2, -0.15) is 10.4 Å². The van der Waals surface area contributed by atoms with Gasteiger partial charge in [-0.15, -0.1) is 0 Å². The van der Waals surface area contributed by atoms with Crippen LogP contribution in [0, 0.1) is 11.5 Å². The molecule has 0 aliphatic heterocycles. The molecule has 2 N–H and O–H groups in total. The fourth-order valence-electron chi connectivity index (χ4n) is 2.44. The number of nitrogens with zero attached hydrogens (tertiary/aromatic N) is 5. The summed E-state index contributed by atoms with van der Waals surface area (Å²) < 4.78 is 3.14. The van der Waals surface area contributed by atoms with Crippen LogP contribution in [0.15, 0.2) is 52.8 Å². The summed E-state index contributed by atoms with van der Waals surface area (Å²) in [6, 6.07) is 11.4. The number of fused-ring (bicyclic) bond motifs is 2. The Kier molecular flexibility index (Phi) is 3.40. The Balaban J connectivity index is 1.68. The summed E-state index contributed by atoms with van der Waals surface area (Å²) >= 11 is 1.58. The molecule has 2 heterocycles. The smallest absolute Gasteiger partial charge is 0.293 e. The highest BCUT2D eigenvalue weighted by atomic mass is 32.1. The quantitative estimate of drug-likeness (QED) is 0.257. The SMILES string of the molecule is C[n+]1c(N=Nc2ccc(NC#N)cc2)sc2cc3cn[nH]c3cc21. The Bertz CT molecular complexity index is 1100. The monoisotopic (exact) mass is 334 g/mol. The Morgan fingerprint density at radius 3 is 2.88 bits per heavy atom. The first-order chi connectivity index (χ1) is 11.7. The van der Waals surface area contributed by atoms with Crippen molar-refractivity contribution in [1.29, 1.82) is 5.26 Å². The maximum absolute atomic E-state index is 8.58. The molecule has 2 aromatic carbocycles. The molecule has 2 aromatic heterocycles. The van der Waals surface area contributed by atoms with Gasteiger partial charge in [0.05, 0.1) is 28.6 Å². The molecule has 116 valence electrons. The van der Waals surface area contributed by atoms with Gasteiger partial charge in [0.1, 0.15) is 11.2 Å². The van der Waals surface area contributed by atoms with Crippen molar-refractivity contribution in [3.8, 4) is 6.19 Å². The first-order valence-electron chi connectivity index (χ1n) is 7.17. The minimum Gasteiger partial charge on any atom is -0.293 e. The van der Waals surface area contributed by atoms with Crippen LogP contribution in [0.1, 0.15) is 0 Å². The van der Waals surface area contributed by atoms with Crippen LogP contribution in [0.3, 0.4) is 0 Å². The highest BCUT2D eigenvalue weighted by Crippen LogP contribution is 2.30. The average Bonchev–Trinajstić information content (AvgIpc) is 3.17. The van der Waals surface area contributed by atoms with E-state index in [0.29, 0.717) is 0 Å². The van der Waals surface area contributed by atoms with Gasteiger partial charge in [-0.05, 0) is 46.8 Å². The van der Waals surface area contributed by atoms with Crippen LogP contribution >= 0.6 is 11.3 Å². The molecule has 0 atom stereocenters. The number of rotatable bonds is 3. The molecule has 0 bridgehead atoms. The molecule has 0 saturated carbocycles. The van der Waals surface area contributed by atoms with Gasteiger partial charge in [0, 0.05) is 17.1 Å². The van der Waals surface area contributed by atoms with E-state index >= 15 is 0 Å². The molecule has 24 heavy (non-hydrogen) atoms. The highest BCUT2D eigenvalue weighted by Gasteiger charge is 2.17. The summed E-state index contributed by atoms with van der Waals surface area (Å²) in [7, 11) is 1.97. The van der Waals surface area contributed by atoms with E-state index in [1.54, 1.807) is 23.5 Å². The van der Waals surface area contributed by atoms with E-state index in [9.17, 15) is 0 Å². The zero-order valence-electron chi connectivity index (χ0n) is 12.7. The predicted molar refractivity (Wildman–Crippen MR) is 92.5 cm³/mol. The average molecular weight is 334 g/mol. The van der Waals surface area contributed by atoms with Gasteiger partial charge in [-0.1, -0.05) is 0 Å². The van der Waals surface area contributed by atoms with E-state index in [1.165, 1.54) is 0 Å². The minimum absolute atomic E-state index is 0.729. The van der Waals surface area contributed by atoms with Crippen molar-refractivity contribution < 1.29 is 4.57 Å². The fraction of sp³-hybridized carbons (Fsp3) is 0.0625. The van der Waals surface area contributed by atoms with Gasteiger partial charge >= 0.3 is 5.13 Å². The molecule has 0 fully saturated rings. The van der Waals surface area contributed by atoms with Gasteiger partial charge in [0.25, 0.3) is 0 Å². The van der Waals surface area contributed by atoms with Crippen LogP contribution in [-0.2, 0) is 7.05 Å². The first kappa shape index (κ1) is 14.3. The third-order valence-corrected chi connectivity index (χ3v) is 4.77. The van der Waals surface area contributed by atoms with Crippen LogP contribution in [0.4, 0.5) is 16.5 Å². The Labute approximate surface area is 140 Å². The number of nitrogens with one attached hydrogen (secondary N) is 2. The second kappa shape index (κ2) is 5.72. The van der Waals surface area contributed by atoms with Gasteiger partial charge in [-0.3, -0.25) is 10.4 Å². The molecule has 0 radical (unpaired) electrons. The minimum atomic E-state index is 0.729. The van der Waals surface area contributed by atoms with Gasteiger partial charge in [0.2, 0.25) is 0 Å². The molecule has 0 aliphatic rings. The molecule has 4 rings (SSSR count). The number of H-pyrrole nitrogens is 1. The van der Waals surface area contributed by atoms with E-state index in [-0.39, 0.29) is 0 Å². The van der Waals surface area contributed by atoms with Gasteiger partial charge in [0.15, 0.2) is 6.19 Å². The van der Waals surface area contributed by atoms with Crippen molar-refractivity contribution in [2.75, 3.05) is 5.32 Å². The molecule has 4 aromatic rings. The van der Waals surface area contributed by atoms with E-state index in [1.807, 2.05) is 36.1 Å². The molecule has 0 spiro atoms. The lowest BCUT2D eigenvalue weighted by atomic mass is 10.2. The highest BCUT2D eigenvalue weighted by molar-refractivity contribution is 7.21. The fourth-order valence-corrected chi connectivity index (χ4v) is 3.44. The molecule has 0 unspecified atom stereocenters. The summed E-state index contributed by atoms with van der Waals surface area (Å²) in [4.78, 5) is 0. The number of azo groups is 1. The Hall–Kier alpha value is -3.31. The zero-order valence-corrected chi connectivity index (χ0v) is 13.5. The van der Waals surface area contributed by atoms with Gasteiger partial charge < -0.3 is 0 Å². The summed E-state index contributed by atoms with van der Waals surface area (Å²) in [6.07, 6.45) is 3.69. The topological polar surface area (TPSA) is 93.1 Å². The van der Waals surface area contributed by atoms with E-state index in [0.717, 1.165) is 37.6 Å². The Morgan fingerprint density at radius 2 is 2.08 bits per heavy atom. The summed E-state index contributed by atoms with van der Waals surface area (Å²) in [5.41, 5.74) is 3.54. The standard InChI is InChI=1S/C16H11N7S/c1-23-14-7-13-10(8-19-21-13)6-15(14)24-16(23)22-20-12-4-2-11(3-5-12)18-9-17/h2-8H,1H3,(H,19,21)/p+1. The summed E-state index contributed by atoms with van der Waals surface area (Å²) in [6.45, 7) is 0. The molecular weight excluding hydrogens is 322 g/mol. The second-order valence-electron chi connectivity index (χ2n) is 5.20. The second-order valence-corrected chi connectivity index (χ2v) is 6.21. The Morgan fingerprint density at radius 1 is 1.25 bits per heavy atom.